The first-order valence-corrected chi connectivity index (χ1v) is 6.92. The number of aliphatic hydroxyl groups excluding tert-OH is 1. The molecule has 0 saturated heterocycles. The third-order valence-corrected chi connectivity index (χ3v) is 4.24. The van der Waals surface area contributed by atoms with Crippen molar-refractivity contribution >= 4 is 23.1 Å². The minimum absolute atomic E-state index is 0.0382. The Morgan fingerprint density at radius 2 is 2.17 bits per heavy atom. The van der Waals surface area contributed by atoms with Crippen LogP contribution in [0.1, 0.15) is 16.7 Å². The number of aromatic nitrogens is 2. The first kappa shape index (κ1) is 13.4. The zero-order chi connectivity index (χ0) is 13.1. The van der Waals surface area contributed by atoms with Crippen LogP contribution in [0.3, 0.4) is 0 Å². The molecule has 0 aliphatic rings. The Balaban J connectivity index is 2.03. The second kappa shape index (κ2) is 5.73. The Bertz CT molecular complexity index is 548. The molecule has 0 radical (unpaired) electrons. The molecule has 3 nitrogen and oxygen atoms in total. The highest BCUT2D eigenvalue weighted by Crippen LogP contribution is 2.28. The van der Waals surface area contributed by atoms with E-state index in [0.29, 0.717) is 4.34 Å². The minimum atomic E-state index is -1.07. The van der Waals surface area contributed by atoms with Crippen molar-refractivity contribution < 1.29 is 13.9 Å². The van der Waals surface area contributed by atoms with Crippen LogP contribution in [0.5, 0.6) is 0 Å². The second-order valence-corrected chi connectivity index (χ2v) is 6.03. The number of thioether (sulfide) groups is 1. The fourth-order valence-electron chi connectivity index (χ4n) is 1.35. The van der Waals surface area contributed by atoms with Crippen LogP contribution in [-0.4, -0.2) is 21.1 Å². The van der Waals surface area contributed by atoms with Crippen molar-refractivity contribution in [2.75, 3.05) is 5.75 Å². The molecule has 0 aliphatic carbocycles. The van der Waals surface area contributed by atoms with Gasteiger partial charge in [0.2, 0.25) is 0 Å². The molecule has 1 unspecified atom stereocenters. The predicted molar refractivity (Wildman–Crippen MR) is 66.7 cm³/mol. The molecule has 7 heteroatoms. The summed E-state index contributed by atoms with van der Waals surface area (Å²) in [6, 6.07) is 3.03. The van der Waals surface area contributed by atoms with Crippen molar-refractivity contribution in [2.45, 2.75) is 17.4 Å². The molecule has 18 heavy (non-hydrogen) atoms. The number of hydrogen-bond acceptors (Lipinski definition) is 5. The van der Waals surface area contributed by atoms with E-state index in [1.54, 1.807) is 0 Å². The lowest BCUT2D eigenvalue weighted by molar-refractivity contribution is 0.198. The number of benzene rings is 1. The largest absolute Gasteiger partial charge is 0.387 e. The van der Waals surface area contributed by atoms with E-state index >= 15 is 0 Å². The Hall–Kier alpha value is -1.05. The Labute approximate surface area is 111 Å². The molecule has 0 aliphatic heterocycles. The quantitative estimate of drug-likeness (QED) is 0.879. The third-order valence-electron chi connectivity index (χ3n) is 2.19. The molecule has 1 atom stereocenters. The molecule has 0 bridgehead atoms. The van der Waals surface area contributed by atoms with E-state index in [2.05, 4.69) is 10.2 Å². The van der Waals surface area contributed by atoms with Crippen LogP contribution in [0.2, 0.25) is 0 Å². The molecular formula is C11H10F2N2OS2. The van der Waals surface area contributed by atoms with Gasteiger partial charge in [-0.25, -0.2) is 8.78 Å². The van der Waals surface area contributed by atoms with E-state index in [-0.39, 0.29) is 11.3 Å². The second-order valence-electron chi connectivity index (χ2n) is 3.58. The zero-order valence-corrected chi connectivity index (χ0v) is 11.1. The van der Waals surface area contributed by atoms with Gasteiger partial charge in [0.15, 0.2) is 4.34 Å². The molecule has 2 rings (SSSR count). The maximum atomic E-state index is 13.4. The van der Waals surface area contributed by atoms with Crippen molar-refractivity contribution in [2.24, 2.45) is 0 Å². The minimum Gasteiger partial charge on any atom is -0.387 e. The molecule has 1 aromatic heterocycles. The number of nitrogens with zero attached hydrogens (tertiary/aromatic N) is 2. The number of aliphatic hydroxyl groups is 1. The molecule has 96 valence electrons. The molecule has 0 saturated carbocycles. The van der Waals surface area contributed by atoms with Crippen molar-refractivity contribution in [1.29, 1.82) is 0 Å². The van der Waals surface area contributed by atoms with Gasteiger partial charge in [-0.2, -0.15) is 0 Å². The maximum absolute atomic E-state index is 13.4. The van der Waals surface area contributed by atoms with Crippen LogP contribution in [0.15, 0.2) is 22.5 Å². The van der Waals surface area contributed by atoms with Gasteiger partial charge in [0.1, 0.15) is 16.6 Å². The number of rotatable bonds is 4. The van der Waals surface area contributed by atoms with E-state index in [0.717, 1.165) is 23.2 Å². The van der Waals surface area contributed by atoms with Gasteiger partial charge < -0.3 is 5.11 Å². The summed E-state index contributed by atoms with van der Waals surface area (Å²) in [4.78, 5) is 0. The van der Waals surface area contributed by atoms with E-state index < -0.39 is 17.7 Å². The van der Waals surface area contributed by atoms with Crippen LogP contribution in [0.25, 0.3) is 0 Å². The van der Waals surface area contributed by atoms with Gasteiger partial charge in [0.05, 0.1) is 6.10 Å². The van der Waals surface area contributed by atoms with Gasteiger partial charge in [-0.15, -0.1) is 10.2 Å². The highest BCUT2D eigenvalue weighted by atomic mass is 32.2. The van der Waals surface area contributed by atoms with E-state index in [4.69, 9.17) is 0 Å². The summed E-state index contributed by atoms with van der Waals surface area (Å²) in [6.07, 6.45) is -1.07. The van der Waals surface area contributed by atoms with Crippen molar-refractivity contribution in [3.05, 3.63) is 40.4 Å². The molecule has 1 aromatic carbocycles. The lowest BCUT2D eigenvalue weighted by Gasteiger charge is -2.10. The molecule has 2 aromatic rings. The Morgan fingerprint density at radius 3 is 2.83 bits per heavy atom. The first-order valence-electron chi connectivity index (χ1n) is 5.12. The summed E-state index contributed by atoms with van der Waals surface area (Å²) in [5, 5.41) is 18.4. The fraction of sp³-hybridized carbons (Fsp3) is 0.273. The summed E-state index contributed by atoms with van der Waals surface area (Å²) in [7, 11) is 0. The van der Waals surface area contributed by atoms with Crippen molar-refractivity contribution in [1.82, 2.24) is 10.2 Å². The molecule has 0 spiro atoms. The first-order chi connectivity index (χ1) is 8.56. The standard InChI is InChI=1S/C11H10F2N2OS2/c1-6-14-15-11(18-6)17-5-10(16)8-4-7(12)2-3-9(8)13/h2-4,10,16H,5H2,1H3. The van der Waals surface area contributed by atoms with E-state index in [9.17, 15) is 13.9 Å². The van der Waals surface area contributed by atoms with Crippen LogP contribution >= 0.6 is 23.1 Å². The normalized spacial score (nSPS) is 12.7. The molecule has 1 heterocycles. The lowest BCUT2D eigenvalue weighted by Crippen LogP contribution is -2.04. The summed E-state index contributed by atoms with van der Waals surface area (Å²) in [5.41, 5.74) is -0.0382. The number of hydrogen-bond donors (Lipinski definition) is 1. The van der Waals surface area contributed by atoms with Crippen LogP contribution < -0.4 is 0 Å². The predicted octanol–water partition coefficient (Wildman–Crippen LogP) is 2.95. The maximum Gasteiger partial charge on any atom is 0.174 e. The average molecular weight is 288 g/mol. The Kier molecular flexibility index (Phi) is 4.26. The van der Waals surface area contributed by atoms with Gasteiger partial charge in [0, 0.05) is 11.3 Å². The monoisotopic (exact) mass is 288 g/mol. The summed E-state index contributed by atoms with van der Waals surface area (Å²) >= 11 is 2.66. The SMILES string of the molecule is Cc1nnc(SCC(O)c2cc(F)ccc2F)s1. The smallest absolute Gasteiger partial charge is 0.174 e. The van der Waals surface area contributed by atoms with Gasteiger partial charge in [-0.1, -0.05) is 23.1 Å². The topological polar surface area (TPSA) is 46.0 Å². The van der Waals surface area contributed by atoms with Gasteiger partial charge >= 0.3 is 0 Å². The molecule has 1 N–H and O–H groups in total. The Morgan fingerprint density at radius 1 is 1.39 bits per heavy atom. The summed E-state index contributed by atoms with van der Waals surface area (Å²) < 4.78 is 27.1. The van der Waals surface area contributed by atoms with Gasteiger partial charge in [-0.3, -0.25) is 0 Å². The van der Waals surface area contributed by atoms with Gasteiger partial charge in [0.25, 0.3) is 0 Å². The van der Waals surface area contributed by atoms with Gasteiger partial charge in [-0.05, 0) is 25.1 Å². The van der Waals surface area contributed by atoms with Crippen molar-refractivity contribution in [3.8, 4) is 0 Å². The fourth-order valence-corrected chi connectivity index (χ4v) is 3.14. The average Bonchev–Trinajstić information content (AvgIpc) is 2.75. The van der Waals surface area contributed by atoms with Crippen LogP contribution in [0.4, 0.5) is 8.78 Å². The summed E-state index contributed by atoms with van der Waals surface area (Å²) in [5.74, 6) is -0.977. The molecular weight excluding hydrogens is 278 g/mol. The zero-order valence-electron chi connectivity index (χ0n) is 9.43. The highest BCUT2D eigenvalue weighted by molar-refractivity contribution is 8.01. The number of aryl methyl sites for hydroxylation is 1. The molecule has 0 amide bonds. The van der Waals surface area contributed by atoms with E-state index in [1.807, 2.05) is 6.92 Å². The highest BCUT2D eigenvalue weighted by Gasteiger charge is 2.15. The van der Waals surface area contributed by atoms with Crippen LogP contribution in [-0.2, 0) is 0 Å². The van der Waals surface area contributed by atoms with Crippen LogP contribution in [0, 0.1) is 18.6 Å². The lowest BCUT2D eigenvalue weighted by atomic mass is 10.1. The molecule has 0 fully saturated rings. The van der Waals surface area contributed by atoms with E-state index in [1.165, 1.54) is 23.1 Å². The summed E-state index contributed by atoms with van der Waals surface area (Å²) in [6.45, 7) is 1.82. The number of halogens is 2. The third kappa shape index (κ3) is 3.24. The van der Waals surface area contributed by atoms with Crippen molar-refractivity contribution in [3.63, 3.8) is 0 Å².